The zero-order valence-electron chi connectivity index (χ0n) is 15.0. The number of allylic oxidation sites excluding steroid dienone is 1. The minimum absolute atomic E-state index is 0.568. The van der Waals surface area contributed by atoms with Gasteiger partial charge in [0, 0.05) is 26.2 Å². The summed E-state index contributed by atoms with van der Waals surface area (Å²) in [6, 6.07) is 0. The maximum absolute atomic E-state index is 5.71. The van der Waals surface area contributed by atoms with Crippen molar-refractivity contribution in [3.8, 4) is 0 Å². The van der Waals surface area contributed by atoms with Gasteiger partial charge in [-0.1, -0.05) is 0 Å². The first-order valence-corrected chi connectivity index (χ1v) is 8.55. The molecule has 0 saturated carbocycles. The van der Waals surface area contributed by atoms with Crippen molar-refractivity contribution in [3.05, 3.63) is 12.0 Å². The van der Waals surface area contributed by atoms with Gasteiger partial charge in [-0.3, -0.25) is 0 Å². The van der Waals surface area contributed by atoms with Crippen LogP contribution in [0.15, 0.2) is 12.0 Å². The van der Waals surface area contributed by atoms with Gasteiger partial charge in [0.25, 0.3) is 11.9 Å². The average molecular weight is 318 g/mol. The van der Waals surface area contributed by atoms with E-state index in [1.54, 1.807) is 0 Å². The topological polar surface area (TPSA) is 46.2 Å². The van der Waals surface area contributed by atoms with E-state index in [0.717, 1.165) is 25.7 Å². The zero-order chi connectivity index (χ0) is 16.7. The van der Waals surface area contributed by atoms with Crippen LogP contribution in [0.2, 0.25) is 0 Å². The molecule has 0 aliphatic heterocycles. The smallest absolute Gasteiger partial charge is 0.282 e. The van der Waals surface area contributed by atoms with Crippen LogP contribution in [0.1, 0.15) is 60.3 Å². The van der Waals surface area contributed by atoms with Crippen molar-refractivity contribution >= 4 is 0 Å². The van der Waals surface area contributed by atoms with Crippen LogP contribution in [0, 0.1) is 0 Å². The minimum atomic E-state index is -0.898. The molecule has 0 atom stereocenters. The van der Waals surface area contributed by atoms with E-state index >= 15 is 0 Å². The minimum Gasteiger partial charge on any atom is -0.466 e. The molecule has 0 amide bonds. The molecule has 0 aromatic heterocycles. The third-order valence-electron chi connectivity index (χ3n) is 2.91. The van der Waals surface area contributed by atoms with Crippen LogP contribution < -0.4 is 0 Å². The predicted molar refractivity (Wildman–Crippen MR) is 87.4 cm³/mol. The monoisotopic (exact) mass is 318 g/mol. The van der Waals surface area contributed by atoms with Gasteiger partial charge in [-0.2, -0.15) is 0 Å². The summed E-state index contributed by atoms with van der Waals surface area (Å²) >= 11 is 0. The third-order valence-corrected chi connectivity index (χ3v) is 2.91. The molecular weight excluding hydrogens is 284 g/mol. The highest BCUT2D eigenvalue weighted by Gasteiger charge is 2.31. The van der Waals surface area contributed by atoms with E-state index in [4.69, 9.17) is 23.7 Å². The number of hydrogen-bond donors (Lipinski definition) is 0. The van der Waals surface area contributed by atoms with Gasteiger partial charge < -0.3 is 23.7 Å². The van der Waals surface area contributed by atoms with Crippen molar-refractivity contribution in [1.82, 2.24) is 0 Å². The standard InChI is InChI=1S/C17H34O5/c1-6-18-16(19-7-2)14-12-11-13-15-17(20-8-3,21-9-4)22-10-5/h14H,6-13,15H2,1-5H3. The molecule has 0 saturated heterocycles. The summed E-state index contributed by atoms with van der Waals surface area (Å²) < 4.78 is 27.9. The number of unbranched alkanes of at least 4 members (excludes halogenated alkanes) is 2. The van der Waals surface area contributed by atoms with Gasteiger partial charge in [0.15, 0.2) is 0 Å². The summed E-state index contributed by atoms with van der Waals surface area (Å²) in [5.74, 6) is -0.277. The maximum atomic E-state index is 5.71. The van der Waals surface area contributed by atoms with Gasteiger partial charge in [-0.15, -0.1) is 0 Å². The first-order chi connectivity index (χ1) is 10.7. The SMILES string of the molecule is CCOC(=CCCCCC(OCC)(OCC)OCC)OCC. The van der Waals surface area contributed by atoms with Crippen molar-refractivity contribution < 1.29 is 23.7 Å². The predicted octanol–water partition coefficient (Wildman–Crippen LogP) is 4.22. The molecule has 0 rings (SSSR count). The van der Waals surface area contributed by atoms with Gasteiger partial charge in [-0.05, 0) is 60.0 Å². The first kappa shape index (κ1) is 21.2. The quantitative estimate of drug-likeness (QED) is 0.257. The molecule has 0 aliphatic rings. The van der Waals surface area contributed by atoms with E-state index in [2.05, 4.69) is 0 Å². The highest BCUT2D eigenvalue weighted by molar-refractivity contribution is 4.83. The Labute approximate surface area is 135 Å². The Morgan fingerprint density at radius 3 is 1.64 bits per heavy atom. The second-order valence-electron chi connectivity index (χ2n) is 4.62. The summed E-state index contributed by atoms with van der Waals surface area (Å²) in [5.41, 5.74) is 0. The molecule has 0 heterocycles. The van der Waals surface area contributed by atoms with Gasteiger partial charge in [0.2, 0.25) is 0 Å². The fourth-order valence-electron chi connectivity index (χ4n) is 2.15. The molecule has 0 fully saturated rings. The average Bonchev–Trinajstić information content (AvgIpc) is 2.48. The Balaban J connectivity index is 4.27. The van der Waals surface area contributed by atoms with E-state index in [-0.39, 0.29) is 0 Å². The molecule has 0 spiro atoms. The van der Waals surface area contributed by atoms with E-state index in [9.17, 15) is 0 Å². The molecule has 0 unspecified atom stereocenters. The van der Waals surface area contributed by atoms with Crippen LogP contribution in [0.4, 0.5) is 0 Å². The van der Waals surface area contributed by atoms with Gasteiger partial charge >= 0.3 is 0 Å². The van der Waals surface area contributed by atoms with Crippen molar-refractivity contribution in [2.75, 3.05) is 33.0 Å². The van der Waals surface area contributed by atoms with Crippen LogP contribution >= 0.6 is 0 Å². The Morgan fingerprint density at radius 2 is 1.23 bits per heavy atom. The lowest BCUT2D eigenvalue weighted by molar-refractivity contribution is -0.380. The van der Waals surface area contributed by atoms with Gasteiger partial charge in [0.05, 0.1) is 13.2 Å². The second-order valence-corrected chi connectivity index (χ2v) is 4.62. The molecule has 0 aromatic rings. The van der Waals surface area contributed by atoms with Gasteiger partial charge in [0.1, 0.15) is 0 Å². The van der Waals surface area contributed by atoms with Crippen LogP contribution in [0.25, 0.3) is 0 Å². The zero-order valence-corrected chi connectivity index (χ0v) is 15.0. The molecule has 132 valence electrons. The molecular formula is C17H34O5. The van der Waals surface area contributed by atoms with Crippen molar-refractivity contribution in [2.24, 2.45) is 0 Å². The van der Waals surface area contributed by atoms with E-state index in [1.165, 1.54) is 0 Å². The fourth-order valence-corrected chi connectivity index (χ4v) is 2.15. The number of rotatable bonds is 15. The molecule has 0 aromatic carbocycles. The number of ether oxygens (including phenoxy) is 5. The van der Waals surface area contributed by atoms with Crippen LogP contribution in [-0.4, -0.2) is 39.0 Å². The molecule has 0 radical (unpaired) electrons. The van der Waals surface area contributed by atoms with Crippen LogP contribution in [0.3, 0.4) is 0 Å². The fraction of sp³-hybridized carbons (Fsp3) is 0.882. The second kappa shape index (κ2) is 13.9. The molecule has 0 bridgehead atoms. The summed E-state index contributed by atoms with van der Waals surface area (Å²) in [6.45, 7) is 12.7. The third kappa shape index (κ3) is 9.28. The van der Waals surface area contributed by atoms with Crippen molar-refractivity contribution in [2.45, 2.75) is 66.3 Å². The molecule has 5 nitrogen and oxygen atoms in total. The first-order valence-electron chi connectivity index (χ1n) is 8.55. The van der Waals surface area contributed by atoms with Crippen LogP contribution in [0.5, 0.6) is 0 Å². The normalized spacial score (nSPS) is 11.3. The van der Waals surface area contributed by atoms with Crippen LogP contribution in [-0.2, 0) is 23.7 Å². The molecule has 22 heavy (non-hydrogen) atoms. The van der Waals surface area contributed by atoms with E-state index in [0.29, 0.717) is 39.0 Å². The highest BCUT2D eigenvalue weighted by Crippen LogP contribution is 2.23. The van der Waals surface area contributed by atoms with E-state index in [1.807, 2.05) is 40.7 Å². The maximum Gasteiger partial charge on any atom is 0.282 e. The summed E-state index contributed by atoms with van der Waals surface area (Å²) in [7, 11) is 0. The van der Waals surface area contributed by atoms with Crippen molar-refractivity contribution in [1.29, 1.82) is 0 Å². The number of hydrogen-bond acceptors (Lipinski definition) is 5. The summed E-state index contributed by atoms with van der Waals surface area (Å²) in [4.78, 5) is 0. The Bertz CT molecular complexity index is 253. The lowest BCUT2D eigenvalue weighted by Gasteiger charge is -2.32. The summed E-state index contributed by atoms with van der Waals surface area (Å²) in [6.07, 6.45) is 5.56. The Morgan fingerprint density at radius 1 is 0.727 bits per heavy atom. The lowest BCUT2D eigenvalue weighted by Crippen LogP contribution is -2.39. The molecule has 0 N–H and O–H groups in total. The van der Waals surface area contributed by atoms with Crippen molar-refractivity contribution in [3.63, 3.8) is 0 Å². The Hall–Kier alpha value is -0.780. The Kier molecular flexibility index (Phi) is 13.4. The molecule has 0 aliphatic carbocycles. The highest BCUT2D eigenvalue weighted by atomic mass is 16.9. The summed E-state index contributed by atoms with van der Waals surface area (Å²) in [5, 5.41) is 0. The lowest BCUT2D eigenvalue weighted by atomic mass is 10.1. The van der Waals surface area contributed by atoms with Gasteiger partial charge in [-0.25, -0.2) is 0 Å². The molecule has 5 heteroatoms. The van der Waals surface area contributed by atoms with E-state index < -0.39 is 5.97 Å². The largest absolute Gasteiger partial charge is 0.466 e.